The molecule has 0 spiro atoms. The van der Waals surface area contributed by atoms with Crippen molar-refractivity contribution in [1.82, 2.24) is 19.9 Å². The van der Waals surface area contributed by atoms with Crippen LogP contribution in [-0.2, 0) is 4.74 Å². The van der Waals surface area contributed by atoms with E-state index < -0.39 is 0 Å². The summed E-state index contributed by atoms with van der Waals surface area (Å²) >= 11 is 0. The van der Waals surface area contributed by atoms with Gasteiger partial charge in [-0.15, -0.1) is 0 Å². The molecule has 1 aliphatic rings. The molecular formula is C17H18N6O. The van der Waals surface area contributed by atoms with Gasteiger partial charge in [0.1, 0.15) is 0 Å². The molecule has 0 saturated carbocycles. The van der Waals surface area contributed by atoms with E-state index in [-0.39, 0.29) is 5.95 Å². The lowest BCUT2D eigenvalue weighted by Crippen LogP contribution is -2.37. The molecule has 0 bridgehead atoms. The Hall–Kier alpha value is -2.80. The van der Waals surface area contributed by atoms with Gasteiger partial charge in [0.2, 0.25) is 5.95 Å². The van der Waals surface area contributed by atoms with Crippen molar-refractivity contribution in [3.8, 4) is 11.3 Å². The molecule has 7 heteroatoms. The van der Waals surface area contributed by atoms with Crippen LogP contribution in [0, 0.1) is 6.92 Å². The number of fused-ring (bicyclic) bond motifs is 1. The molecule has 3 aromatic rings. The summed E-state index contributed by atoms with van der Waals surface area (Å²) in [6.07, 6.45) is 1.74. The molecule has 7 nitrogen and oxygen atoms in total. The van der Waals surface area contributed by atoms with E-state index in [0.29, 0.717) is 24.4 Å². The molecule has 24 heavy (non-hydrogen) atoms. The van der Waals surface area contributed by atoms with Crippen molar-refractivity contribution in [1.29, 1.82) is 0 Å². The summed E-state index contributed by atoms with van der Waals surface area (Å²) in [7, 11) is 0. The van der Waals surface area contributed by atoms with Gasteiger partial charge in [0, 0.05) is 18.7 Å². The minimum atomic E-state index is 0.210. The SMILES string of the molecule is Cc1ccccc1-c1cnc2nc(N)nc(N3CCOCC3)c2n1. The lowest BCUT2D eigenvalue weighted by atomic mass is 10.1. The number of aryl methyl sites for hydroxylation is 1. The van der Waals surface area contributed by atoms with E-state index in [1.807, 2.05) is 18.2 Å². The standard InChI is InChI=1S/C17H18N6O/c1-11-4-2-3-5-12(11)13-10-19-15-14(20-13)16(22-17(18)21-15)23-6-8-24-9-7-23/h2-5,10H,6-9H2,1H3,(H2,18,19,21,22). The Kier molecular flexibility index (Phi) is 3.70. The van der Waals surface area contributed by atoms with Crippen molar-refractivity contribution in [3.05, 3.63) is 36.0 Å². The normalized spacial score (nSPS) is 15.0. The number of ether oxygens (including phenoxy) is 1. The Balaban J connectivity index is 1.88. The average Bonchev–Trinajstić information content (AvgIpc) is 2.62. The fourth-order valence-electron chi connectivity index (χ4n) is 2.90. The second kappa shape index (κ2) is 6.01. The lowest BCUT2D eigenvalue weighted by molar-refractivity contribution is 0.122. The first kappa shape index (κ1) is 14.8. The summed E-state index contributed by atoms with van der Waals surface area (Å²) in [5, 5.41) is 0. The lowest BCUT2D eigenvalue weighted by Gasteiger charge is -2.28. The number of nitrogen functional groups attached to an aromatic ring is 1. The van der Waals surface area contributed by atoms with Gasteiger partial charge in [-0.05, 0) is 12.5 Å². The summed E-state index contributed by atoms with van der Waals surface area (Å²) in [4.78, 5) is 20.0. The number of hydrogen-bond acceptors (Lipinski definition) is 7. The maximum absolute atomic E-state index is 5.86. The zero-order valence-corrected chi connectivity index (χ0v) is 13.4. The van der Waals surface area contributed by atoms with Crippen LogP contribution in [0.25, 0.3) is 22.4 Å². The van der Waals surface area contributed by atoms with Gasteiger partial charge in [-0.1, -0.05) is 24.3 Å². The van der Waals surface area contributed by atoms with Gasteiger partial charge in [-0.2, -0.15) is 9.97 Å². The van der Waals surface area contributed by atoms with Gasteiger partial charge in [-0.3, -0.25) is 0 Å². The van der Waals surface area contributed by atoms with Crippen LogP contribution in [0.1, 0.15) is 5.56 Å². The molecule has 4 rings (SSSR count). The Morgan fingerprint density at radius 1 is 1.08 bits per heavy atom. The number of nitrogens with two attached hydrogens (primary N) is 1. The van der Waals surface area contributed by atoms with Crippen LogP contribution in [0.2, 0.25) is 0 Å². The van der Waals surface area contributed by atoms with Gasteiger partial charge in [-0.25, -0.2) is 9.97 Å². The molecule has 1 saturated heterocycles. The first-order valence-corrected chi connectivity index (χ1v) is 7.91. The highest BCUT2D eigenvalue weighted by molar-refractivity contribution is 5.86. The molecule has 2 aromatic heterocycles. The minimum Gasteiger partial charge on any atom is -0.378 e. The van der Waals surface area contributed by atoms with Crippen LogP contribution in [0.15, 0.2) is 30.5 Å². The molecule has 0 atom stereocenters. The van der Waals surface area contributed by atoms with E-state index in [1.54, 1.807) is 6.20 Å². The first-order valence-electron chi connectivity index (χ1n) is 7.91. The molecular weight excluding hydrogens is 304 g/mol. The second-order valence-corrected chi connectivity index (χ2v) is 5.75. The highest BCUT2D eigenvalue weighted by atomic mass is 16.5. The van der Waals surface area contributed by atoms with Crippen LogP contribution < -0.4 is 10.6 Å². The molecule has 0 aliphatic carbocycles. The third-order valence-electron chi connectivity index (χ3n) is 4.14. The number of anilines is 2. The predicted molar refractivity (Wildman–Crippen MR) is 92.7 cm³/mol. The van der Waals surface area contributed by atoms with Gasteiger partial charge >= 0.3 is 0 Å². The summed E-state index contributed by atoms with van der Waals surface area (Å²) in [5.74, 6) is 0.936. The van der Waals surface area contributed by atoms with Crippen LogP contribution >= 0.6 is 0 Å². The van der Waals surface area contributed by atoms with E-state index >= 15 is 0 Å². The van der Waals surface area contributed by atoms with Crippen LogP contribution in [-0.4, -0.2) is 46.2 Å². The van der Waals surface area contributed by atoms with Gasteiger partial charge in [0.05, 0.1) is 25.1 Å². The van der Waals surface area contributed by atoms with E-state index in [4.69, 9.17) is 15.5 Å². The highest BCUT2D eigenvalue weighted by Gasteiger charge is 2.19. The number of nitrogens with zero attached hydrogens (tertiary/aromatic N) is 5. The van der Waals surface area contributed by atoms with E-state index in [9.17, 15) is 0 Å². The molecule has 3 heterocycles. The molecule has 1 aromatic carbocycles. The molecule has 122 valence electrons. The fourth-order valence-corrected chi connectivity index (χ4v) is 2.90. The zero-order valence-electron chi connectivity index (χ0n) is 13.4. The van der Waals surface area contributed by atoms with Crippen LogP contribution in [0.5, 0.6) is 0 Å². The van der Waals surface area contributed by atoms with E-state index in [2.05, 4.69) is 32.8 Å². The molecule has 1 fully saturated rings. The van der Waals surface area contributed by atoms with Gasteiger partial charge < -0.3 is 15.4 Å². The maximum atomic E-state index is 5.86. The molecule has 2 N–H and O–H groups in total. The fraction of sp³-hybridized carbons (Fsp3) is 0.294. The van der Waals surface area contributed by atoms with Gasteiger partial charge in [0.25, 0.3) is 0 Å². The third kappa shape index (κ3) is 2.63. The number of morpholine rings is 1. The molecule has 0 unspecified atom stereocenters. The van der Waals surface area contributed by atoms with Gasteiger partial charge in [0.15, 0.2) is 17.0 Å². The smallest absolute Gasteiger partial charge is 0.224 e. The van der Waals surface area contributed by atoms with E-state index in [0.717, 1.165) is 35.7 Å². The van der Waals surface area contributed by atoms with Crippen molar-refractivity contribution >= 4 is 22.9 Å². The second-order valence-electron chi connectivity index (χ2n) is 5.75. The number of aromatic nitrogens is 4. The summed E-state index contributed by atoms with van der Waals surface area (Å²) < 4.78 is 5.42. The number of benzene rings is 1. The summed E-state index contributed by atoms with van der Waals surface area (Å²) in [5.41, 5.74) is 10.1. The van der Waals surface area contributed by atoms with Crippen LogP contribution in [0.3, 0.4) is 0 Å². The predicted octanol–water partition coefficient (Wildman–Crippen LogP) is 1.81. The van der Waals surface area contributed by atoms with Crippen LogP contribution in [0.4, 0.5) is 11.8 Å². The van der Waals surface area contributed by atoms with Crippen molar-refractivity contribution in [2.75, 3.05) is 36.9 Å². The maximum Gasteiger partial charge on any atom is 0.224 e. The van der Waals surface area contributed by atoms with Crippen molar-refractivity contribution in [2.45, 2.75) is 6.92 Å². The topological polar surface area (TPSA) is 90.0 Å². The summed E-state index contributed by atoms with van der Waals surface area (Å²) in [6.45, 7) is 4.89. The average molecular weight is 322 g/mol. The Bertz CT molecular complexity index is 891. The summed E-state index contributed by atoms with van der Waals surface area (Å²) in [6, 6.07) is 8.11. The molecule has 0 amide bonds. The number of hydrogen-bond donors (Lipinski definition) is 1. The minimum absolute atomic E-state index is 0.210. The third-order valence-corrected chi connectivity index (χ3v) is 4.14. The number of rotatable bonds is 2. The first-order chi connectivity index (χ1) is 11.7. The molecule has 0 radical (unpaired) electrons. The Labute approximate surface area is 139 Å². The Morgan fingerprint density at radius 3 is 2.67 bits per heavy atom. The Morgan fingerprint density at radius 2 is 1.88 bits per heavy atom. The largest absolute Gasteiger partial charge is 0.378 e. The van der Waals surface area contributed by atoms with Crippen molar-refractivity contribution < 1.29 is 4.74 Å². The quantitative estimate of drug-likeness (QED) is 0.769. The highest BCUT2D eigenvalue weighted by Crippen LogP contribution is 2.27. The van der Waals surface area contributed by atoms with Crippen molar-refractivity contribution in [3.63, 3.8) is 0 Å². The van der Waals surface area contributed by atoms with E-state index in [1.165, 1.54) is 0 Å². The van der Waals surface area contributed by atoms with Crippen molar-refractivity contribution in [2.24, 2.45) is 0 Å². The zero-order chi connectivity index (χ0) is 16.5. The molecule has 1 aliphatic heterocycles. The monoisotopic (exact) mass is 322 g/mol.